The minimum absolute atomic E-state index is 0.287. The molecule has 0 saturated heterocycles. The van der Waals surface area contributed by atoms with Gasteiger partial charge < -0.3 is 0 Å². The molecule has 0 spiro atoms. The summed E-state index contributed by atoms with van der Waals surface area (Å²) in [7, 11) is -2.50. The second-order valence-electron chi connectivity index (χ2n) is 3.43. The summed E-state index contributed by atoms with van der Waals surface area (Å²) < 4.78 is 15.4. The molecule has 0 aliphatic rings. The van der Waals surface area contributed by atoms with Crippen molar-refractivity contribution >= 4 is 9.73 Å². The molecule has 1 aromatic rings. The van der Waals surface area contributed by atoms with Crippen LogP contribution in [-0.2, 0) is 9.73 Å². The molecule has 0 aliphatic carbocycles. The topological polar surface area (TPSA) is 66.1 Å². The molecule has 0 saturated carbocycles. The third-order valence-electron chi connectivity index (χ3n) is 2.28. The van der Waals surface area contributed by atoms with Crippen molar-refractivity contribution in [2.75, 3.05) is 6.26 Å². The van der Waals surface area contributed by atoms with E-state index in [4.69, 9.17) is 5.26 Å². The molecule has 0 N–H and O–H groups in total. The van der Waals surface area contributed by atoms with Crippen molar-refractivity contribution in [1.82, 2.24) is 4.98 Å². The van der Waals surface area contributed by atoms with Gasteiger partial charge in [0, 0.05) is 18.1 Å². The average Bonchev–Trinajstić information content (AvgIpc) is 2.18. The Kier molecular flexibility index (Phi) is 3.43. The third-order valence-corrected chi connectivity index (χ3v) is 4.31. The largest absolute Gasteiger partial charge is 0.261 e. The van der Waals surface area contributed by atoms with Gasteiger partial charge in [0.1, 0.15) is 0 Å². The first-order chi connectivity index (χ1) is 6.97. The van der Waals surface area contributed by atoms with Gasteiger partial charge in [0.25, 0.3) is 0 Å². The Morgan fingerprint density at radius 2 is 2.27 bits per heavy atom. The molecule has 0 unspecified atom stereocenters. The van der Waals surface area contributed by atoms with Crippen molar-refractivity contribution < 1.29 is 4.21 Å². The van der Waals surface area contributed by atoms with Crippen molar-refractivity contribution in [2.24, 2.45) is 4.36 Å². The number of nitrogens with zero attached hydrogens (tertiary/aromatic N) is 3. The highest BCUT2D eigenvalue weighted by atomic mass is 32.2. The summed E-state index contributed by atoms with van der Waals surface area (Å²) in [6, 6.07) is 3.72. The molecule has 1 heterocycles. The molecule has 80 valence electrons. The molecule has 4 nitrogen and oxygen atoms in total. The fraction of sp³-hybridized carbons (Fsp3) is 0.400. The lowest BCUT2D eigenvalue weighted by atomic mass is 10.2. The SMILES string of the molecule is Cc1ccc([C@@H](C)[S@](C)(=O)=NC#N)cn1. The van der Waals surface area contributed by atoms with E-state index in [2.05, 4.69) is 9.35 Å². The molecule has 0 radical (unpaired) electrons. The quantitative estimate of drug-likeness (QED) is 0.720. The maximum absolute atomic E-state index is 12.0. The second-order valence-corrected chi connectivity index (χ2v) is 6.04. The van der Waals surface area contributed by atoms with Crippen LogP contribution in [0.15, 0.2) is 22.7 Å². The lowest BCUT2D eigenvalue weighted by Crippen LogP contribution is -2.07. The maximum Gasteiger partial charge on any atom is 0.214 e. The van der Waals surface area contributed by atoms with Crippen molar-refractivity contribution in [3.05, 3.63) is 29.6 Å². The third kappa shape index (κ3) is 2.77. The Labute approximate surface area is 90.1 Å². The van der Waals surface area contributed by atoms with Gasteiger partial charge in [-0.05, 0) is 25.5 Å². The first kappa shape index (κ1) is 11.7. The fourth-order valence-corrected chi connectivity index (χ4v) is 2.10. The molecule has 1 aromatic heterocycles. The molecule has 2 atom stereocenters. The zero-order valence-electron chi connectivity index (χ0n) is 8.97. The normalized spacial score (nSPS) is 16.1. The van der Waals surface area contributed by atoms with Crippen LogP contribution < -0.4 is 0 Å². The molecular weight excluding hydrogens is 210 g/mol. The van der Waals surface area contributed by atoms with Crippen LogP contribution in [0.2, 0.25) is 0 Å². The van der Waals surface area contributed by atoms with Crippen LogP contribution in [0.3, 0.4) is 0 Å². The molecule has 0 amide bonds. The maximum atomic E-state index is 12.0. The number of pyridine rings is 1. The van der Waals surface area contributed by atoms with E-state index in [1.807, 2.05) is 19.1 Å². The van der Waals surface area contributed by atoms with Gasteiger partial charge in [-0.25, -0.2) is 4.21 Å². The number of rotatable bonds is 2. The van der Waals surface area contributed by atoms with E-state index in [0.29, 0.717) is 0 Å². The van der Waals surface area contributed by atoms with Crippen molar-refractivity contribution in [1.29, 1.82) is 5.26 Å². The summed E-state index contributed by atoms with van der Waals surface area (Å²) >= 11 is 0. The van der Waals surface area contributed by atoms with Crippen LogP contribution in [0.5, 0.6) is 0 Å². The Bertz CT molecular complexity index is 492. The highest BCUT2D eigenvalue weighted by molar-refractivity contribution is 7.93. The molecule has 0 aliphatic heterocycles. The van der Waals surface area contributed by atoms with Crippen molar-refractivity contribution in [3.63, 3.8) is 0 Å². The summed E-state index contributed by atoms with van der Waals surface area (Å²) in [4.78, 5) is 4.12. The van der Waals surface area contributed by atoms with E-state index in [9.17, 15) is 4.21 Å². The van der Waals surface area contributed by atoms with E-state index >= 15 is 0 Å². The standard InChI is InChI=1S/C10H13N3OS/c1-8-4-5-10(6-12-8)9(2)15(3,14)13-7-11/h4-6,9H,1-3H3/t9-,15+/m1/s1. The fourth-order valence-electron chi connectivity index (χ4n) is 1.13. The number of hydrogen-bond acceptors (Lipinski definition) is 4. The predicted octanol–water partition coefficient (Wildman–Crippen LogP) is 2.03. The van der Waals surface area contributed by atoms with Gasteiger partial charge in [0.15, 0.2) is 0 Å². The number of nitriles is 1. The second kappa shape index (κ2) is 4.41. The molecule has 15 heavy (non-hydrogen) atoms. The van der Waals surface area contributed by atoms with Crippen LogP contribution in [0.4, 0.5) is 0 Å². The molecule has 0 aromatic carbocycles. The van der Waals surface area contributed by atoms with Crippen LogP contribution in [0.25, 0.3) is 0 Å². The van der Waals surface area contributed by atoms with Gasteiger partial charge in [0.05, 0.1) is 15.0 Å². The summed E-state index contributed by atoms with van der Waals surface area (Å²) in [5.74, 6) is 0. The highest BCUT2D eigenvalue weighted by Crippen LogP contribution is 2.21. The van der Waals surface area contributed by atoms with E-state index in [-0.39, 0.29) is 5.25 Å². The monoisotopic (exact) mass is 223 g/mol. The van der Waals surface area contributed by atoms with Crippen LogP contribution in [0, 0.1) is 18.4 Å². The lowest BCUT2D eigenvalue weighted by Gasteiger charge is -2.12. The van der Waals surface area contributed by atoms with E-state index in [1.165, 1.54) is 6.26 Å². The molecule has 5 heteroatoms. The van der Waals surface area contributed by atoms with E-state index in [0.717, 1.165) is 11.3 Å². The van der Waals surface area contributed by atoms with Crippen LogP contribution in [0.1, 0.15) is 23.4 Å². The number of hydrogen-bond donors (Lipinski definition) is 0. The molecule has 0 fully saturated rings. The van der Waals surface area contributed by atoms with Gasteiger partial charge in [0.2, 0.25) is 6.19 Å². The molecule has 0 bridgehead atoms. The van der Waals surface area contributed by atoms with Gasteiger partial charge in [-0.15, -0.1) is 4.36 Å². The van der Waals surface area contributed by atoms with Gasteiger partial charge in [-0.1, -0.05) is 6.07 Å². The minimum Gasteiger partial charge on any atom is -0.261 e. The molecule has 1 rings (SSSR count). The minimum atomic E-state index is -2.50. The van der Waals surface area contributed by atoms with Crippen molar-refractivity contribution in [2.45, 2.75) is 19.1 Å². The van der Waals surface area contributed by atoms with Crippen LogP contribution in [-0.4, -0.2) is 15.4 Å². The summed E-state index contributed by atoms with van der Waals surface area (Å²) in [5.41, 5.74) is 1.75. The van der Waals surface area contributed by atoms with E-state index in [1.54, 1.807) is 19.3 Å². The first-order valence-corrected chi connectivity index (χ1v) is 6.47. The van der Waals surface area contributed by atoms with Crippen LogP contribution >= 0.6 is 0 Å². The Morgan fingerprint density at radius 1 is 1.60 bits per heavy atom. The van der Waals surface area contributed by atoms with Gasteiger partial charge >= 0.3 is 0 Å². The number of aryl methyl sites for hydroxylation is 1. The lowest BCUT2D eigenvalue weighted by molar-refractivity contribution is 0.673. The first-order valence-electron chi connectivity index (χ1n) is 4.49. The van der Waals surface area contributed by atoms with E-state index < -0.39 is 9.73 Å². The number of aromatic nitrogens is 1. The Hall–Kier alpha value is -1.41. The van der Waals surface area contributed by atoms with Crippen molar-refractivity contribution in [3.8, 4) is 6.19 Å². The highest BCUT2D eigenvalue weighted by Gasteiger charge is 2.15. The van der Waals surface area contributed by atoms with Gasteiger partial charge in [-0.3, -0.25) is 4.98 Å². The Morgan fingerprint density at radius 3 is 2.73 bits per heavy atom. The zero-order valence-corrected chi connectivity index (χ0v) is 9.78. The summed E-state index contributed by atoms with van der Waals surface area (Å²) in [6.07, 6.45) is 4.76. The smallest absolute Gasteiger partial charge is 0.214 e. The molecular formula is C10H13N3OS. The summed E-state index contributed by atoms with van der Waals surface area (Å²) in [6.45, 7) is 3.67. The van der Waals surface area contributed by atoms with Gasteiger partial charge in [-0.2, -0.15) is 5.26 Å². The Balaban J connectivity index is 3.12. The predicted molar refractivity (Wildman–Crippen MR) is 59.5 cm³/mol. The average molecular weight is 223 g/mol. The zero-order chi connectivity index (χ0) is 11.5. The summed E-state index contributed by atoms with van der Waals surface area (Å²) in [5, 5.41) is 8.14.